The summed E-state index contributed by atoms with van der Waals surface area (Å²) < 4.78 is 0. The van der Waals surface area contributed by atoms with E-state index in [1.807, 2.05) is 0 Å². The monoisotopic (exact) mass is 245 g/mol. The van der Waals surface area contributed by atoms with Gasteiger partial charge >= 0.3 is 0 Å². The van der Waals surface area contributed by atoms with Gasteiger partial charge in [-0.05, 0) is 36.9 Å². The van der Waals surface area contributed by atoms with Crippen LogP contribution in [0.2, 0.25) is 0 Å². The molecule has 2 rings (SSSR count). The van der Waals surface area contributed by atoms with Crippen molar-refractivity contribution >= 4 is 0 Å². The first-order valence-electron chi connectivity index (χ1n) is 7.59. The molecule has 0 saturated heterocycles. The van der Waals surface area contributed by atoms with Crippen LogP contribution in [0.25, 0.3) is 0 Å². The topological polar surface area (TPSA) is 12.0 Å². The maximum Gasteiger partial charge on any atom is 0.0320 e. The Hall–Kier alpha value is -0.820. The SMILES string of the molecule is CCc1cccc(C(CC2CCCCC2)NC)c1. The molecule has 1 N–H and O–H groups in total. The van der Waals surface area contributed by atoms with Crippen LogP contribution in [0.15, 0.2) is 24.3 Å². The Bertz CT molecular complexity index is 352. The molecule has 0 heterocycles. The van der Waals surface area contributed by atoms with Gasteiger partial charge in [0.15, 0.2) is 0 Å². The molecule has 0 aromatic heterocycles. The van der Waals surface area contributed by atoms with E-state index in [0.717, 1.165) is 12.3 Å². The molecular weight excluding hydrogens is 218 g/mol. The van der Waals surface area contributed by atoms with Crippen molar-refractivity contribution in [2.75, 3.05) is 7.05 Å². The van der Waals surface area contributed by atoms with E-state index >= 15 is 0 Å². The molecule has 1 nitrogen and oxygen atoms in total. The van der Waals surface area contributed by atoms with Crippen LogP contribution < -0.4 is 5.32 Å². The second kappa shape index (κ2) is 6.94. The summed E-state index contributed by atoms with van der Waals surface area (Å²) in [6.45, 7) is 2.23. The molecule has 1 atom stereocenters. The lowest BCUT2D eigenvalue weighted by Crippen LogP contribution is -2.21. The lowest BCUT2D eigenvalue weighted by molar-refractivity contribution is 0.306. The summed E-state index contributed by atoms with van der Waals surface area (Å²) in [5, 5.41) is 3.52. The Morgan fingerprint density at radius 1 is 1.22 bits per heavy atom. The van der Waals surface area contributed by atoms with Crippen molar-refractivity contribution in [1.29, 1.82) is 0 Å². The molecule has 0 amide bonds. The summed E-state index contributed by atoms with van der Waals surface area (Å²) in [6, 6.07) is 9.64. The van der Waals surface area contributed by atoms with Gasteiger partial charge in [0.1, 0.15) is 0 Å². The largest absolute Gasteiger partial charge is 0.313 e. The first-order chi connectivity index (χ1) is 8.83. The van der Waals surface area contributed by atoms with Crippen LogP contribution >= 0.6 is 0 Å². The quantitative estimate of drug-likeness (QED) is 0.806. The summed E-state index contributed by atoms with van der Waals surface area (Å²) in [4.78, 5) is 0. The molecule has 100 valence electrons. The van der Waals surface area contributed by atoms with E-state index in [2.05, 4.69) is 43.6 Å². The van der Waals surface area contributed by atoms with E-state index in [0.29, 0.717) is 6.04 Å². The standard InChI is InChI=1S/C17H27N/c1-3-14-10-7-11-16(12-14)17(18-2)13-15-8-5-4-6-9-15/h7,10-12,15,17-18H,3-6,8-9,13H2,1-2H3. The third-order valence-corrected chi connectivity index (χ3v) is 4.40. The second-order valence-electron chi connectivity index (χ2n) is 5.68. The summed E-state index contributed by atoms with van der Waals surface area (Å²) in [7, 11) is 2.10. The van der Waals surface area contributed by atoms with Gasteiger partial charge in [-0.2, -0.15) is 0 Å². The lowest BCUT2D eigenvalue weighted by atomic mass is 9.83. The molecule has 1 unspecified atom stereocenters. The average Bonchev–Trinajstić information content (AvgIpc) is 2.46. The van der Waals surface area contributed by atoms with Gasteiger partial charge in [-0.25, -0.2) is 0 Å². The van der Waals surface area contributed by atoms with Crippen LogP contribution in [-0.4, -0.2) is 7.05 Å². The molecule has 18 heavy (non-hydrogen) atoms. The highest BCUT2D eigenvalue weighted by atomic mass is 14.9. The molecule has 0 aliphatic heterocycles. The minimum Gasteiger partial charge on any atom is -0.313 e. The van der Waals surface area contributed by atoms with Crippen LogP contribution in [-0.2, 0) is 6.42 Å². The number of benzene rings is 1. The van der Waals surface area contributed by atoms with Crippen molar-refractivity contribution in [3.8, 4) is 0 Å². The van der Waals surface area contributed by atoms with Gasteiger partial charge in [0, 0.05) is 6.04 Å². The summed E-state index contributed by atoms with van der Waals surface area (Å²) in [5.74, 6) is 0.932. The lowest BCUT2D eigenvalue weighted by Gasteiger charge is -2.27. The first kappa shape index (κ1) is 13.6. The Balaban J connectivity index is 2.02. The normalized spacial score (nSPS) is 18.8. The van der Waals surface area contributed by atoms with Crippen molar-refractivity contribution in [1.82, 2.24) is 5.32 Å². The highest BCUT2D eigenvalue weighted by molar-refractivity contribution is 5.26. The maximum atomic E-state index is 3.52. The minimum atomic E-state index is 0.541. The average molecular weight is 245 g/mol. The van der Waals surface area contributed by atoms with Crippen LogP contribution in [0.3, 0.4) is 0 Å². The van der Waals surface area contributed by atoms with Gasteiger partial charge in [-0.15, -0.1) is 0 Å². The van der Waals surface area contributed by atoms with E-state index in [1.54, 1.807) is 0 Å². The number of nitrogens with one attached hydrogen (secondary N) is 1. The van der Waals surface area contributed by atoms with Crippen molar-refractivity contribution in [2.24, 2.45) is 5.92 Å². The summed E-state index contributed by atoms with van der Waals surface area (Å²) >= 11 is 0. The van der Waals surface area contributed by atoms with Crippen LogP contribution in [0.5, 0.6) is 0 Å². The van der Waals surface area contributed by atoms with Crippen molar-refractivity contribution in [3.05, 3.63) is 35.4 Å². The van der Waals surface area contributed by atoms with Crippen LogP contribution in [0.1, 0.15) is 62.6 Å². The summed E-state index contributed by atoms with van der Waals surface area (Å²) in [5.41, 5.74) is 2.93. The van der Waals surface area contributed by atoms with Gasteiger partial charge in [0.05, 0.1) is 0 Å². The van der Waals surface area contributed by atoms with Crippen molar-refractivity contribution in [3.63, 3.8) is 0 Å². The fraction of sp³-hybridized carbons (Fsp3) is 0.647. The van der Waals surface area contributed by atoms with Crippen molar-refractivity contribution in [2.45, 2.75) is 57.9 Å². The predicted octanol–water partition coefficient (Wildman–Crippen LogP) is 4.48. The smallest absolute Gasteiger partial charge is 0.0320 e. The van der Waals surface area contributed by atoms with E-state index in [-0.39, 0.29) is 0 Å². The molecule has 1 fully saturated rings. The molecule has 1 heteroatoms. The van der Waals surface area contributed by atoms with Gasteiger partial charge in [0.25, 0.3) is 0 Å². The van der Waals surface area contributed by atoms with Gasteiger partial charge in [-0.3, -0.25) is 0 Å². The fourth-order valence-corrected chi connectivity index (χ4v) is 3.21. The highest BCUT2D eigenvalue weighted by Crippen LogP contribution is 2.31. The highest BCUT2D eigenvalue weighted by Gasteiger charge is 2.19. The van der Waals surface area contributed by atoms with E-state index in [4.69, 9.17) is 0 Å². The Labute approximate surface area is 112 Å². The van der Waals surface area contributed by atoms with Crippen molar-refractivity contribution < 1.29 is 0 Å². The molecule has 1 aromatic carbocycles. The molecule has 1 saturated carbocycles. The van der Waals surface area contributed by atoms with Crippen LogP contribution in [0, 0.1) is 5.92 Å². The number of hydrogen-bond acceptors (Lipinski definition) is 1. The number of aryl methyl sites for hydroxylation is 1. The molecule has 1 aromatic rings. The third-order valence-electron chi connectivity index (χ3n) is 4.40. The number of hydrogen-bond donors (Lipinski definition) is 1. The Morgan fingerprint density at radius 3 is 2.67 bits per heavy atom. The fourth-order valence-electron chi connectivity index (χ4n) is 3.21. The second-order valence-corrected chi connectivity index (χ2v) is 5.68. The molecule has 1 aliphatic carbocycles. The van der Waals surface area contributed by atoms with Gasteiger partial charge < -0.3 is 5.32 Å². The van der Waals surface area contributed by atoms with Gasteiger partial charge in [-0.1, -0.05) is 63.3 Å². The minimum absolute atomic E-state index is 0.541. The molecule has 0 bridgehead atoms. The Morgan fingerprint density at radius 2 is 2.00 bits per heavy atom. The maximum absolute atomic E-state index is 3.52. The van der Waals surface area contributed by atoms with E-state index in [1.165, 1.54) is 49.7 Å². The van der Waals surface area contributed by atoms with Crippen LogP contribution in [0.4, 0.5) is 0 Å². The molecular formula is C17H27N. The predicted molar refractivity (Wildman–Crippen MR) is 78.8 cm³/mol. The van der Waals surface area contributed by atoms with E-state index in [9.17, 15) is 0 Å². The third kappa shape index (κ3) is 3.58. The zero-order chi connectivity index (χ0) is 12.8. The van der Waals surface area contributed by atoms with E-state index < -0.39 is 0 Å². The molecule has 0 radical (unpaired) electrons. The molecule has 1 aliphatic rings. The first-order valence-corrected chi connectivity index (χ1v) is 7.59. The number of rotatable bonds is 5. The molecule has 0 spiro atoms. The summed E-state index contributed by atoms with van der Waals surface area (Å²) in [6.07, 6.45) is 9.65. The zero-order valence-corrected chi connectivity index (χ0v) is 11.9. The van der Waals surface area contributed by atoms with Gasteiger partial charge in [0.2, 0.25) is 0 Å². The zero-order valence-electron chi connectivity index (χ0n) is 11.9. The Kier molecular flexibility index (Phi) is 5.25.